The van der Waals surface area contributed by atoms with Crippen LogP contribution in [0.15, 0.2) is 36.4 Å². The minimum Gasteiger partial charge on any atom is -0.324 e. The molecule has 0 atom stereocenters. The van der Waals surface area contributed by atoms with Crippen LogP contribution in [-0.4, -0.2) is 59.5 Å². The van der Waals surface area contributed by atoms with Gasteiger partial charge >= 0.3 is 0 Å². The molecule has 2 aliphatic rings. The maximum Gasteiger partial charge on any atom is 0.247 e. The van der Waals surface area contributed by atoms with Crippen molar-refractivity contribution in [1.29, 1.82) is 0 Å². The first-order chi connectivity index (χ1) is 13.0. The van der Waals surface area contributed by atoms with Gasteiger partial charge in [-0.15, -0.1) is 11.8 Å². The van der Waals surface area contributed by atoms with Gasteiger partial charge in [-0.2, -0.15) is 0 Å². The molecular weight excluding hydrogens is 380 g/mol. The maximum atomic E-state index is 12.8. The number of rotatable bonds is 6. The van der Waals surface area contributed by atoms with Crippen molar-refractivity contribution >= 4 is 33.8 Å². The molecule has 148 valence electrons. The summed E-state index contributed by atoms with van der Waals surface area (Å²) < 4.78 is 26.5. The lowest BCUT2D eigenvalue weighted by Gasteiger charge is -2.43. The van der Waals surface area contributed by atoms with Crippen LogP contribution in [0.1, 0.15) is 38.2 Å². The van der Waals surface area contributed by atoms with Crippen molar-refractivity contribution in [2.24, 2.45) is 0 Å². The highest BCUT2D eigenvalue weighted by atomic mass is 32.2. The molecule has 3 rings (SSSR count). The molecule has 2 fully saturated rings. The minimum atomic E-state index is -3.17. The predicted molar refractivity (Wildman–Crippen MR) is 112 cm³/mol. The monoisotopic (exact) mass is 408 g/mol. The third-order valence-corrected chi connectivity index (χ3v) is 8.82. The van der Waals surface area contributed by atoms with Gasteiger partial charge in [0.2, 0.25) is 15.9 Å². The van der Waals surface area contributed by atoms with Crippen LogP contribution in [0.2, 0.25) is 0 Å². The number of nitrogens with zero attached hydrogens (tertiary/aromatic N) is 2. The third-order valence-electron chi connectivity index (χ3n) is 5.31. The van der Waals surface area contributed by atoms with E-state index >= 15 is 0 Å². The molecule has 2 saturated heterocycles. The van der Waals surface area contributed by atoms with Crippen LogP contribution in [0.25, 0.3) is 6.08 Å². The average Bonchev–Trinajstić information content (AvgIpc) is 3.08. The quantitative estimate of drug-likeness (QED) is 0.679. The fraction of sp³-hybridized carbons (Fsp3) is 0.550. The van der Waals surface area contributed by atoms with Crippen LogP contribution >= 0.6 is 11.8 Å². The summed E-state index contributed by atoms with van der Waals surface area (Å²) >= 11 is 1.80. The van der Waals surface area contributed by atoms with E-state index < -0.39 is 10.0 Å². The number of unbranched alkanes of at least 4 members (excludes halogenated alkanes) is 1. The van der Waals surface area contributed by atoms with Crippen LogP contribution in [0.5, 0.6) is 0 Å². The highest BCUT2D eigenvalue weighted by molar-refractivity contribution is 8.00. The molecule has 1 aromatic rings. The Kier molecular flexibility index (Phi) is 6.65. The number of sulfonamides is 1. The first-order valence-corrected chi connectivity index (χ1v) is 12.2. The summed E-state index contributed by atoms with van der Waals surface area (Å²) in [6.45, 7) is 3.74. The lowest BCUT2D eigenvalue weighted by Crippen LogP contribution is -2.53. The molecule has 1 spiro atoms. The van der Waals surface area contributed by atoms with Gasteiger partial charge in [0, 0.05) is 31.5 Å². The number of carbonyl (C=O) groups excluding carboxylic acids is 1. The molecular formula is C20H28N2O3S2. The first-order valence-electron chi connectivity index (χ1n) is 9.63. The van der Waals surface area contributed by atoms with Crippen molar-refractivity contribution < 1.29 is 13.2 Å². The smallest absolute Gasteiger partial charge is 0.247 e. The van der Waals surface area contributed by atoms with Crippen LogP contribution in [-0.2, 0) is 14.8 Å². The molecule has 2 heterocycles. The second kappa shape index (κ2) is 8.80. The summed E-state index contributed by atoms with van der Waals surface area (Å²) in [5.41, 5.74) is 1.00. The number of carbonyl (C=O) groups is 1. The maximum absolute atomic E-state index is 12.8. The van der Waals surface area contributed by atoms with E-state index in [-0.39, 0.29) is 16.5 Å². The number of hydrogen-bond donors (Lipinski definition) is 0. The van der Waals surface area contributed by atoms with Gasteiger partial charge in [0.15, 0.2) is 0 Å². The lowest BCUT2D eigenvalue weighted by atomic mass is 10.0. The largest absolute Gasteiger partial charge is 0.324 e. The fourth-order valence-electron chi connectivity index (χ4n) is 3.73. The first kappa shape index (κ1) is 20.4. The topological polar surface area (TPSA) is 57.7 Å². The summed E-state index contributed by atoms with van der Waals surface area (Å²) in [6.07, 6.45) is 6.48. The van der Waals surface area contributed by atoms with Crippen LogP contribution < -0.4 is 0 Å². The van der Waals surface area contributed by atoms with E-state index in [2.05, 4.69) is 0 Å². The summed E-state index contributed by atoms with van der Waals surface area (Å²) in [6, 6.07) is 9.79. The molecule has 0 bridgehead atoms. The Labute approximate surface area is 166 Å². The number of thioether (sulfide) groups is 1. The van der Waals surface area contributed by atoms with Gasteiger partial charge in [0.05, 0.1) is 10.6 Å². The normalized spacial score (nSPS) is 20.6. The summed E-state index contributed by atoms with van der Waals surface area (Å²) in [5.74, 6) is 1.16. The third kappa shape index (κ3) is 4.76. The Morgan fingerprint density at radius 3 is 2.56 bits per heavy atom. The zero-order valence-corrected chi connectivity index (χ0v) is 17.5. The van der Waals surface area contributed by atoms with E-state index in [0.29, 0.717) is 32.4 Å². The molecule has 0 saturated carbocycles. The lowest BCUT2D eigenvalue weighted by molar-refractivity contribution is -0.129. The van der Waals surface area contributed by atoms with E-state index in [1.807, 2.05) is 48.2 Å². The Bertz CT molecular complexity index is 770. The van der Waals surface area contributed by atoms with Crippen molar-refractivity contribution in [3.63, 3.8) is 0 Å². The van der Waals surface area contributed by atoms with E-state index in [9.17, 15) is 13.2 Å². The van der Waals surface area contributed by atoms with Gasteiger partial charge in [-0.3, -0.25) is 4.79 Å². The minimum absolute atomic E-state index is 0.0196. The number of benzene rings is 1. The number of piperidine rings is 1. The molecule has 0 N–H and O–H groups in total. The number of hydrogen-bond acceptors (Lipinski definition) is 4. The number of amides is 1. The zero-order valence-electron chi connectivity index (χ0n) is 15.8. The molecule has 1 amide bonds. The Morgan fingerprint density at radius 2 is 1.89 bits per heavy atom. The van der Waals surface area contributed by atoms with Crippen molar-refractivity contribution in [3.05, 3.63) is 42.0 Å². The van der Waals surface area contributed by atoms with E-state index in [1.165, 1.54) is 0 Å². The summed E-state index contributed by atoms with van der Waals surface area (Å²) in [7, 11) is -3.17. The molecule has 0 radical (unpaired) electrons. The van der Waals surface area contributed by atoms with Gasteiger partial charge in [-0.25, -0.2) is 12.7 Å². The Hall–Kier alpha value is -1.31. The van der Waals surface area contributed by atoms with E-state index in [1.54, 1.807) is 22.1 Å². The highest BCUT2D eigenvalue weighted by Gasteiger charge is 2.47. The molecule has 0 aromatic heterocycles. The second-order valence-electron chi connectivity index (χ2n) is 7.10. The van der Waals surface area contributed by atoms with Crippen molar-refractivity contribution in [2.45, 2.75) is 37.5 Å². The van der Waals surface area contributed by atoms with Crippen molar-refractivity contribution in [1.82, 2.24) is 9.21 Å². The van der Waals surface area contributed by atoms with Gasteiger partial charge in [-0.1, -0.05) is 43.7 Å². The van der Waals surface area contributed by atoms with E-state index in [0.717, 1.165) is 24.3 Å². The van der Waals surface area contributed by atoms with Gasteiger partial charge in [0.25, 0.3) is 0 Å². The van der Waals surface area contributed by atoms with Gasteiger partial charge < -0.3 is 4.90 Å². The van der Waals surface area contributed by atoms with Crippen LogP contribution in [0, 0.1) is 0 Å². The molecule has 5 nitrogen and oxygen atoms in total. The average molecular weight is 409 g/mol. The van der Waals surface area contributed by atoms with Crippen molar-refractivity contribution in [3.8, 4) is 0 Å². The Balaban J connectivity index is 1.64. The van der Waals surface area contributed by atoms with E-state index in [4.69, 9.17) is 0 Å². The molecule has 7 heteroatoms. The van der Waals surface area contributed by atoms with Gasteiger partial charge in [-0.05, 0) is 30.9 Å². The molecule has 1 aromatic carbocycles. The second-order valence-corrected chi connectivity index (χ2v) is 10.6. The van der Waals surface area contributed by atoms with Crippen LogP contribution in [0.4, 0.5) is 0 Å². The molecule has 2 aliphatic heterocycles. The molecule has 0 unspecified atom stereocenters. The molecule has 0 aliphatic carbocycles. The standard InChI is InChI=1S/C20H28N2O3S2/c1-2-3-17-27(24,25)21-13-11-20(12-14-21)22(15-16-26-20)19(23)10-9-18-7-5-4-6-8-18/h4-10H,2-3,11-17H2,1H3/b10-9+. The van der Waals surface area contributed by atoms with Gasteiger partial charge in [0.1, 0.15) is 0 Å². The highest BCUT2D eigenvalue weighted by Crippen LogP contribution is 2.44. The fourth-order valence-corrected chi connectivity index (χ4v) is 6.84. The van der Waals surface area contributed by atoms with Crippen LogP contribution in [0.3, 0.4) is 0 Å². The molecule has 27 heavy (non-hydrogen) atoms. The summed E-state index contributed by atoms with van der Waals surface area (Å²) in [5, 5.41) is 0. The zero-order chi connectivity index (χ0) is 19.3. The Morgan fingerprint density at radius 1 is 1.19 bits per heavy atom. The summed E-state index contributed by atoms with van der Waals surface area (Å²) in [4.78, 5) is 14.5. The SMILES string of the molecule is CCCCS(=O)(=O)N1CCC2(CC1)SCCN2C(=O)/C=C/c1ccccc1. The predicted octanol–water partition coefficient (Wildman–Crippen LogP) is 3.20. The van der Waals surface area contributed by atoms with Crippen molar-refractivity contribution in [2.75, 3.05) is 31.1 Å².